The normalized spacial score (nSPS) is 15.1. The van der Waals surface area contributed by atoms with Gasteiger partial charge in [-0.2, -0.15) is 4.58 Å². The van der Waals surface area contributed by atoms with Crippen molar-refractivity contribution in [1.82, 2.24) is 9.13 Å². The van der Waals surface area contributed by atoms with Gasteiger partial charge in [-0.25, -0.2) is 0 Å². The van der Waals surface area contributed by atoms with Crippen LogP contribution in [0.3, 0.4) is 0 Å². The molecule has 5 aromatic rings. The van der Waals surface area contributed by atoms with Crippen LogP contribution in [-0.4, -0.2) is 37.6 Å². The monoisotopic (exact) mass is 751 g/mol. The van der Waals surface area contributed by atoms with E-state index < -0.39 is 0 Å². The van der Waals surface area contributed by atoms with Crippen LogP contribution in [-0.2, 0) is 13.1 Å². The van der Waals surface area contributed by atoms with E-state index in [9.17, 15) is 9.90 Å². The van der Waals surface area contributed by atoms with Crippen molar-refractivity contribution < 1.29 is 9.68 Å². The average molecular weight is 752 g/mol. The Labute approximate surface area is 331 Å². The van der Waals surface area contributed by atoms with Crippen LogP contribution in [0.4, 0.5) is 11.4 Å². The van der Waals surface area contributed by atoms with Gasteiger partial charge in [-0.1, -0.05) is 66.7 Å². The molecule has 0 saturated heterocycles. The lowest BCUT2D eigenvalue weighted by Crippen LogP contribution is -2.28. The highest BCUT2D eigenvalue weighted by Crippen LogP contribution is 2.40. The Bertz CT molecular complexity index is 2560. The topological polar surface area (TPSA) is 53.4 Å². The number of fused-ring (bicyclic) bond motifs is 2. The number of aryl methyl sites for hydroxylation is 2. The van der Waals surface area contributed by atoms with Gasteiger partial charge >= 0.3 is 0 Å². The van der Waals surface area contributed by atoms with Gasteiger partial charge in [-0.3, -0.25) is 13.9 Å². The molecule has 284 valence electrons. The van der Waals surface area contributed by atoms with E-state index in [1.165, 1.54) is 44.0 Å². The molecule has 1 aliphatic carbocycles. The van der Waals surface area contributed by atoms with Crippen LogP contribution < -0.4 is 10.5 Å². The quantitative estimate of drug-likeness (QED) is 0.0829. The van der Waals surface area contributed by atoms with Crippen molar-refractivity contribution in [2.45, 2.75) is 87.7 Å². The molecule has 0 saturated carbocycles. The largest absolute Gasteiger partial charge is 0.494 e. The summed E-state index contributed by atoms with van der Waals surface area (Å²) in [4.78, 5) is 16.7. The zero-order chi connectivity index (χ0) is 39.4. The summed E-state index contributed by atoms with van der Waals surface area (Å²) >= 11 is 5.71. The maximum Gasteiger partial charge on any atom is 0.266 e. The summed E-state index contributed by atoms with van der Waals surface area (Å²) in [6.07, 6.45) is 11.2. The number of benzene rings is 4. The number of allylic oxidation sites excluding steroid dienone is 8. The standard InChI is InChI=1S/C48H54N4O2S/c1-9-49(42-30-28-36-18-13-15-22-40(36)34(42)7)32(5)24-26-38-20-17-21-39(44(38)45-46(53)51(11-3)48(55)52(12-4)47(45)54)27-25-33(6)50(10-2)43-31-29-37-19-14-16-23-41(37)35(43)8/h13-16,18-19,22-31H,9-12,17,20-21H2,1-8H3/p+1/b32-24+,38-26+. The van der Waals surface area contributed by atoms with Crippen LogP contribution in [0.25, 0.3) is 27.1 Å². The molecule has 0 amide bonds. The lowest BCUT2D eigenvalue weighted by atomic mass is 9.83. The van der Waals surface area contributed by atoms with Gasteiger partial charge in [0.1, 0.15) is 12.1 Å². The van der Waals surface area contributed by atoms with Crippen molar-refractivity contribution in [3.8, 4) is 5.88 Å². The number of aromatic hydroxyl groups is 1. The summed E-state index contributed by atoms with van der Waals surface area (Å²) in [5.74, 6) is -0.0683. The van der Waals surface area contributed by atoms with Crippen molar-refractivity contribution in [2.75, 3.05) is 18.0 Å². The van der Waals surface area contributed by atoms with E-state index in [2.05, 4.69) is 148 Å². The summed E-state index contributed by atoms with van der Waals surface area (Å²) < 4.78 is 5.97. The summed E-state index contributed by atoms with van der Waals surface area (Å²) in [6, 6.07) is 25.8. The SMILES string of the molecule is CCN(/C(C)=C/C=C1\CCCC(/C=C/C(C)=[N+](CC)c2ccc3ccccc3c2C)=C1c1c(O)n(CC)c(=S)n(CC)c1=O)c1ccc2ccccc2c1C. The van der Waals surface area contributed by atoms with E-state index in [4.69, 9.17) is 12.2 Å². The van der Waals surface area contributed by atoms with E-state index >= 15 is 0 Å². The van der Waals surface area contributed by atoms with E-state index in [1.54, 1.807) is 9.13 Å². The first-order chi connectivity index (χ1) is 26.6. The lowest BCUT2D eigenvalue weighted by Gasteiger charge is -2.27. The third-order valence-corrected chi connectivity index (χ3v) is 11.7. The van der Waals surface area contributed by atoms with Gasteiger partial charge in [0.2, 0.25) is 11.6 Å². The molecule has 55 heavy (non-hydrogen) atoms. The van der Waals surface area contributed by atoms with E-state index in [0.717, 1.165) is 60.5 Å². The van der Waals surface area contributed by atoms with Crippen molar-refractivity contribution in [3.63, 3.8) is 0 Å². The first-order valence-electron chi connectivity index (χ1n) is 19.8. The molecule has 4 aromatic carbocycles. The minimum atomic E-state index is -0.256. The molecule has 0 spiro atoms. The summed E-state index contributed by atoms with van der Waals surface area (Å²) in [5.41, 5.74) is 9.98. The Morgan fingerprint density at radius 2 is 1.49 bits per heavy atom. The molecule has 6 nitrogen and oxygen atoms in total. The fourth-order valence-corrected chi connectivity index (χ4v) is 8.74. The molecule has 1 N–H and O–H groups in total. The Balaban J connectivity index is 1.52. The average Bonchev–Trinajstić information content (AvgIpc) is 3.19. The second-order valence-electron chi connectivity index (χ2n) is 14.4. The van der Waals surface area contributed by atoms with Gasteiger partial charge in [0.05, 0.1) is 0 Å². The summed E-state index contributed by atoms with van der Waals surface area (Å²) in [7, 11) is 0. The van der Waals surface area contributed by atoms with E-state index in [-0.39, 0.29) is 11.4 Å². The number of anilines is 1. The summed E-state index contributed by atoms with van der Waals surface area (Å²) in [6.45, 7) is 19.4. The second-order valence-corrected chi connectivity index (χ2v) is 14.7. The van der Waals surface area contributed by atoms with Gasteiger partial charge in [0, 0.05) is 55.6 Å². The first-order valence-corrected chi connectivity index (χ1v) is 20.2. The molecule has 7 heteroatoms. The van der Waals surface area contributed by atoms with Crippen molar-refractivity contribution >= 4 is 56.4 Å². The highest BCUT2D eigenvalue weighted by molar-refractivity contribution is 7.71. The molecular formula is C48H55N4O2S+. The molecule has 0 bridgehead atoms. The van der Waals surface area contributed by atoms with Gasteiger partial charge in [0.15, 0.2) is 10.5 Å². The molecular weight excluding hydrogens is 697 g/mol. The van der Waals surface area contributed by atoms with Crippen LogP contribution in [0.5, 0.6) is 5.88 Å². The Kier molecular flexibility index (Phi) is 12.2. The zero-order valence-electron chi connectivity index (χ0n) is 33.7. The third-order valence-electron chi connectivity index (χ3n) is 11.3. The number of aromatic nitrogens is 2. The van der Waals surface area contributed by atoms with Crippen LogP contribution in [0.2, 0.25) is 0 Å². The molecule has 1 heterocycles. The molecule has 0 radical (unpaired) electrons. The molecule has 1 aromatic heterocycles. The fraction of sp³-hybridized carbons (Fsp3) is 0.312. The van der Waals surface area contributed by atoms with E-state index in [0.29, 0.717) is 23.4 Å². The smallest absolute Gasteiger partial charge is 0.266 e. The molecule has 0 atom stereocenters. The fourth-order valence-electron chi connectivity index (χ4n) is 8.31. The van der Waals surface area contributed by atoms with E-state index in [1.807, 2.05) is 13.8 Å². The zero-order valence-corrected chi connectivity index (χ0v) is 34.6. The van der Waals surface area contributed by atoms with Crippen LogP contribution in [0.15, 0.2) is 119 Å². The number of hydrogen-bond acceptors (Lipinski definition) is 4. The van der Waals surface area contributed by atoms with Gasteiger partial charge in [-0.05, 0) is 142 Å². The molecule has 6 rings (SSSR count). The van der Waals surface area contributed by atoms with Crippen molar-refractivity contribution in [1.29, 1.82) is 0 Å². The van der Waals surface area contributed by atoms with Crippen molar-refractivity contribution in [2.24, 2.45) is 0 Å². The Morgan fingerprint density at radius 3 is 2.13 bits per heavy atom. The Morgan fingerprint density at radius 1 is 0.855 bits per heavy atom. The minimum absolute atomic E-state index is 0.0683. The van der Waals surface area contributed by atoms with Gasteiger partial charge < -0.3 is 10.0 Å². The molecule has 0 aliphatic heterocycles. The number of rotatable bonds is 11. The van der Waals surface area contributed by atoms with Crippen LogP contribution in [0.1, 0.15) is 77.5 Å². The lowest BCUT2D eigenvalue weighted by molar-refractivity contribution is -0.436. The van der Waals surface area contributed by atoms with Crippen molar-refractivity contribution in [3.05, 3.63) is 146 Å². The Hall–Kier alpha value is -5.27. The van der Waals surface area contributed by atoms with Crippen LogP contribution in [0, 0.1) is 18.6 Å². The predicted molar refractivity (Wildman–Crippen MR) is 236 cm³/mol. The minimum Gasteiger partial charge on any atom is -0.494 e. The van der Waals surface area contributed by atoms with Gasteiger partial charge in [-0.15, -0.1) is 0 Å². The van der Waals surface area contributed by atoms with Crippen LogP contribution >= 0.6 is 12.2 Å². The summed E-state index contributed by atoms with van der Waals surface area (Å²) in [5, 5.41) is 16.8. The molecule has 0 unspecified atom stereocenters. The highest BCUT2D eigenvalue weighted by Gasteiger charge is 2.27. The maximum atomic E-state index is 14.3. The number of hydrogen-bond donors (Lipinski definition) is 1. The maximum absolute atomic E-state index is 14.3. The highest BCUT2D eigenvalue weighted by atomic mass is 32.1. The first kappa shape index (κ1) is 39.4. The van der Waals surface area contributed by atoms with Gasteiger partial charge in [0.25, 0.3) is 5.56 Å². The predicted octanol–water partition coefficient (Wildman–Crippen LogP) is 11.7. The third kappa shape index (κ3) is 7.55. The molecule has 0 fully saturated rings. The second kappa shape index (κ2) is 17.0. The molecule has 1 aliphatic rings. The number of nitrogens with zero attached hydrogens (tertiary/aromatic N) is 4.